The molecule has 3 aromatic rings. The minimum absolute atomic E-state index is 0.140. The van der Waals surface area contributed by atoms with Crippen molar-refractivity contribution in [3.63, 3.8) is 0 Å². The average Bonchev–Trinajstić information content (AvgIpc) is 3.29. The van der Waals surface area contributed by atoms with Gasteiger partial charge in [-0.1, -0.05) is 29.9 Å². The Morgan fingerprint density at radius 2 is 1.76 bits per heavy atom. The number of hydrogen-bond acceptors (Lipinski definition) is 6. The van der Waals surface area contributed by atoms with Crippen molar-refractivity contribution in [2.45, 2.75) is 39.5 Å². The zero-order chi connectivity index (χ0) is 20.5. The Morgan fingerprint density at radius 3 is 2.41 bits per heavy atom. The Kier molecular flexibility index (Phi) is 5.14. The summed E-state index contributed by atoms with van der Waals surface area (Å²) in [6.07, 6.45) is 2.41. The number of hydrogen-bond donors (Lipinski definition) is 1. The van der Waals surface area contributed by atoms with Crippen LogP contribution in [-0.2, 0) is 4.79 Å². The molecule has 2 aromatic heterocycles. The molecule has 3 heterocycles. The second kappa shape index (κ2) is 7.75. The largest absolute Gasteiger partial charge is 0.293 e. The molecule has 1 aliphatic heterocycles. The predicted octanol–water partition coefficient (Wildman–Crippen LogP) is 3.20. The molecule has 0 saturated heterocycles. The van der Waals surface area contributed by atoms with Crippen molar-refractivity contribution in [2.24, 2.45) is 0 Å². The molecule has 0 atom stereocenters. The molecule has 9 heteroatoms. The van der Waals surface area contributed by atoms with Gasteiger partial charge in [-0.3, -0.25) is 24.6 Å². The summed E-state index contributed by atoms with van der Waals surface area (Å²) in [5, 5.41) is 7.04. The lowest BCUT2D eigenvalue weighted by atomic mass is 10.1. The molecule has 0 saturated carbocycles. The van der Waals surface area contributed by atoms with Gasteiger partial charge in [-0.05, 0) is 38.8 Å². The van der Waals surface area contributed by atoms with Crippen molar-refractivity contribution in [2.75, 3.05) is 11.9 Å². The lowest BCUT2D eigenvalue weighted by Gasteiger charge is -2.13. The Labute approximate surface area is 171 Å². The van der Waals surface area contributed by atoms with E-state index in [0.29, 0.717) is 42.9 Å². The monoisotopic (exact) mass is 411 g/mol. The first kappa shape index (κ1) is 19.3. The van der Waals surface area contributed by atoms with Gasteiger partial charge in [0.15, 0.2) is 0 Å². The number of thiazole rings is 1. The highest BCUT2D eigenvalue weighted by atomic mass is 32.1. The van der Waals surface area contributed by atoms with E-state index in [1.165, 1.54) is 16.2 Å². The van der Waals surface area contributed by atoms with Gasteiger partial charge in [-0.25, -0.2) is 4.52 Å². The van der Waals surface area contributed by atoms with E-state index < -0.39 is 0 Å². The first-order chi connectivity index (χ1) is 14.0. The number of unbranched alkanes of at least 4 members (excludes halogenated alkanes) is 2. The summed E-state index contributed by atoms with van der Waals surface area (Å²) in [4.78, 5) is 44.3. The second-order valence-corrected chi connectivity index (χ2v) is 8.22. The highest BCUT2D eigenvalue weighted by Crippen LogP contribution is 2.23. The second-order valence-electron chi connectivity index (χ2n) is 7.04. The predicted molar refractivity (Wildman–Crippen MR) is 109 cm³/mol. The fraction of sp³-hybridized carbons (Fsp3) is 0.350. The molecular formula is C20H21N5O3S. The quantitative estimate of drug-likeness (QED) is 0.476. The summed E-state index contributed by atoms with van der Waals surface area (Å²) in [7, 11) is 0. The minimum atomic E-state index is -0.236. The van der Waals surface area contributed by atoms with E-state index in [1.807, 2.05) is 13.8 Å². The van der Waals surface area contributed by atoms with Crippen molar-refractivity contribution < 1.29 is 14.4 Å². The summed E-state index contributed by atoms with van der Waals surface area (Å²) < 4.78 is 1.73. The van der Waals surface area contributed by atoms with Gasteiger partial charge in [0, 0.05) is 17.8 Å². The SMILES string of the molecule is Cc1sc2nc(NC(=O)CCCCCN3C(=O)c4ccccc4C3=O)nn2c1C. The number of aromatic nitrogens is 3. The van der Waals surface area contributed by atoms with E-state index >= 15 is 0 Å². The molecule has 1 aromatic carbocycles. The summed E-state index contributed by atoms with van der Waals surface area (Å²) in [5.74, 6) is -0.298. The molecule has 3 amide bonds. The highest BCUT2D eigenvalue weighted by molar-refractivity contribution is 7.17. The van der Waals surface area contributed by atoms with Gasteiger partial charge in [0.1, 0.15) is 0 Å². The maximum Gasteiger partial charge on any atom is 0.261 e. The molecule has 0 bridgehead atoms. The zero-order valence-corrected chi connectivity index (χ0v) is 17.1. The van der Waals surface area contributed by atoms with Crippen LogP contribution in [0.15, 0.2) is 24.3 Å². The molecule has 0 radical (unpaired) electrons. The number of benzene rings is 1. The van der Waals surface area contributed by atoms with Crippen LogP contribution >= 0.6 is 11.3 Å². The van der Waals surface area contributed by atoms with Gasteiger partial charge < -0.3 is 0 Å². The molecule has 4 rings (SSSR count). The fourth-order valence-electron chi connectivity index (χ4n) is 3.36. The van der Waals surface area contributed by atoms with Crippen molar-refractivity contribution in [1.82, 2.24) is 19.5 Å². The van der Waals surface area contributed by atoms with Gasteiger partial charge in [0.05, 0.1) is 16.8 Å². The molecule has 1 aliphatic rings. The van der Waals surface area contributed by atoms with E-state index in [9.17, 15) is 14.4 Å². The van der Waals surface area contributed by atoms with E-state index in [2.05, 4.69) is 15.4 Å². The number of amides is 3. The van der Waals surface area contributed by atoms with E-state index in [1.54, 1.807) is 28.8 Å². The average molecular weight is 411 g/mol. The topological polar surface area (TPSA) is 96.7 Å². The van der Waals surface area contributed by atoms with Crippen molar-refractivity contribution in [1.29, 1.82) is 0 Å². The summed E-state index contributed by atoms with van der Waals surface area (Å²) in [6, 6.07) is 6.87. The smallest absolute Gasteiger partial charge is 0.261 e. The van der Waals surface area contributed by atoms with Gasteiger partial charge >= 0.3 is 0 Å². The minimum Gasteiger partial charge on any atom is -0.293 e. The van der Waals surface area contributed by atoms with E-state index in [-0.39, 0.29) is 17.7 Å². The third-order valence-electron chi connectivity index (χ3n) is 5.06. The van der Waals surface area contributed by atoms with Crippen LogP contribution < -0.4 is 5.32 Å². The molecule has 8 nitrogen and oxygen atoms in total. The highest BCUT2D eigenvalue weighted by Gasteiger charge is 2.34. The number of rotatable bonds is 7. The number of imide groups is 1. The summed E-state index contributed by atoms with van der Waals surface area (Å²) in [5.41, 5.74) is 1.95. The third kappa shape index (κ3) is 3.65. The molecule has 0 unspecified atom stereocenters. The molecule has 0 spiro atoms. The Hall–Kier alpha value is -3.07. The van der Waals surface area contributed by atoms with Crippen LogP contribution in [0.1, 0.15) is 57.0 Å². The molecular weight excluding hydrogens is 390 g/mol. The maximum atomic E-state index is 12.3. The third-order valence-corrected chi connectivity index (χ3v) is 6.11. The Bertz CT molecular complexity index is 1080. The van der Waals surface area contributed by atoms with Gasteiger partial charge in [-0.2, -0.15) is 4.98 Å². The Morgan fingerprint density at radius 1 is 1.07 bits per heavy atom. The van der Waals surface area contributed by atoms with Crippen LogP contribution in [0.4, 0.5) is 5.95 Å². The summed E-state index contributed by atoms with van der Waals surface area (Å²) >= 11 is 1.54. The lowest BCUT2D eigenvalue weighted by molar-refractivity contribution is -0.116. The van der Waals surface area contributed by atoms with Crippen molar-refractivity contribution >= 4 is 40.0 Å². The molecule has 150 valence electrons. The number of fused-ring (bicyclic) bond motifs is 2. The number of nitrogens with one attached hydrogen (secondary N) is 1. The molecule has 0 aliphatic carbocycles. The standard InChI is InChI=1S/C20H21N5O3S/c1-12-13(2)29-20-22-19(23-25(12)20)21-16(26)10-4-3-7-11-24-17(27)14-8-5-6-9-15(14)18(24)28/h5-6,8-9H,3-4,7,10-11H2,1-2H3,(H,21,23,26). The van der Waals surface area contributed by atoms with Crippen LogP contribution in [0.5, 0.6) is 0 Å². The van der Waals surface area contributed by atoms with Gasteiger partial charge in [0.2, 0.25) is 16.8 Å². The van der Waals surface area contributed by atoms with Crippen LogP contribution in [0.3, 0.4) is 0 Å². The molecule has 1 N–H and O–H groups in total. The van der Waals surface area contributed by atoms with Gasteiger partial charge in [-0.15, -0.1) is 5.10 Å². The lowest BCUT2D eigenvalue weighted by Crippen LogP contribution is -2.30. The van der Waals surface area contributed by atoms with Crippen molar-refractivity contribution in [3.8, 4) is 0 Å². The maximum absolute atomic E-state index is 12.3. The van der Waals surface area contributed by atoms with Crippen LogP contribution in [0.2, 0.25) is 0 Å². The first-order valence-electron chi connectivity index (χ1n) is 9.53. The van der Waals surface area contributed by atoms with Crippen LogP contribution in [-0.4, -0.2) is 43.8 Å². The molecule has 0 fully saturated rings. The number of carbonyl (C=O) groups excluding carboxylic acids is 3. The van der Waals surface area contributed by atoms with E-state index in [0.717, 1.165) is 22.0 Å². The summed E-state index contributed by atoms with van der Waals surface area (Å²) in [6.45, 7) is 4.34. The number of aryl methyl sites for hydroxylation is 2. The normalized spacial score (nSPS) is 13.4. The van der Waals surface area contributed by atoms with Gasteiger partial charge in [0.25, 0.3) is 11.8 Å². The number of nitrogens with zero attached hydrogens (tertiary/aromatic N) is 4. The van der Waals surface area contributed by atoms with Crippen LogP contribution in [0.25, 0.3) is 4.96 Å². The zero-order valence-electron chi connectivity index (χ0n) is 16.3. The molecule has 29 heavy (non-hydrogen) atoms. The van der Waals surface area contributed by atoms with Crippen LogP contribution in [0, 0.1) is 13.8 Å². The van der Waals surface area contributed by atoms with Crippen molar-refractivity contribution in [3.05, 3.63) is 46.0 Å². The number of anilines is 1. The first-order valence-corrected chi connectivity index (χ1v) is 10.3. The van der Waals surface area contributed by atoms with E-state index in [4.69, 9.17) is 0 Å². The number of carbonyl (C=O) groups is 3. The fourth-order valence-corrected chi connectivity index (χ4v) is 4.26. The Balaban J connectivity index is 1.21.